The predicted molar refractivity (Wildman–Crippen MR) is 57.5 cm³/mol. The van der Waals surface area contributed by atoms with Crippen molar-refractivity contribution in [2.75, 3.05) is 0 Å². The van der Waals surface area contributed by atoms with Crippen LogP contribution in [0.25, 0.3) is 0 Å². The highest BCUT2D eigenvalue weighted by atomic mass is 16.6. The Hall–Kier alpha value is -2.11. The molecule has 0 saturated heterocycles. The van der Waals surface area contributed by atoms with E-state index in [1.54, 1.807) is 6.08 Å². The molecule has 0 aromatic carbocycles. The zero-order valence-corrected chi connectivity index (χ0v) is 9.01. The van der Waals surface area contributed by atoms with Crippen LogP contribution in [0, 0.1) is 10.1 Å². The van der Waals surface area contributed by atoms with Gasteiger partial charge in [0.25, 0.3) is 5.69 Å². The van der Waals surface area contributed by atoms with Crippen molar-refractivity contribution >= 4 is 11.7 Å². The predicted octanol–water partition coefficient (Wildman–Crippen LogP) is 2.06. The summed E-state index contributed by atoms with van der Waals surface area (Å²) in [6.07, 6.45) is 3.03. The van der Waals surface area contributed by atoms with Crippen LogP contribution >= 0.6 is 0 Å². The summed E-state index contributed by atoms with van der Waals surface area (Å²) in [6, 6.07) is 1.06. The van der Waals surface area contributed by atoms with Crippen molar-refractivity contribution in [1.82, 2.24) is 4.57 Å². The number of hydrogen-bond acceptors (Lipinski definition) is 3. The van der Waals surface area contributed by atoms with Crippen molar-refractivity contribution in [3.63, 3.8) is 0 Å². The topological polar surface area (TPSA) is 85.4 Å². The van der Waals surface area contributed by atoms with Crippen molar-refractivity contribution in [3.05, 3.63) is 39.7 Å². The molecule has 0 unspecified atom stereocenters. The fraction of sp³-hybridized carbons (Fsp3) is 0.300. The van der Waals surface area contributed by atoms with Crippen molar-refractivity contribution in [2.45, 2.75) is 20.4 Å². The van der Waals surface area contributed by atoms with Crippen molar-refractivity contribution in [3.8, 4) is 0 Å². The molecule has 0 bridgehead atoms. The first-order valence-electron chi connectivity index (χ1n) is 4.63. The van der Waals surface area contributed by atoms with E-state index < -0.39 is 10.9 Å². The highest BCUT2D eigenvalue weighted by Crippen LogP contribution is 2.16. The van der Waals surface area contributed by atoms with Crippen LogP contribution in [-0.4, -0.2) is 20.6 Å². The van der Waals surface area contributed by atoms with Crippen LogP contribution in [-0.2, 0) is 6.54 Å². The maximum atomic E-state index is 10.8. The molecule has 1 N–H and O–H groups in total. The van der Waals surface area contributed by atoms with E-state index in [0.29, 0.717) is 6.54 Å². The number of aromatic carboxylic acids is 1. The SMILES string of the molecule is CC(C)=CCn1cc([N+](=O)[O-])cc1C(=O)O. The van der Waals surface area contributed by atoms with Gasteiger partial charge in [-0.2, -0.15) is 0 Å². The molecule has 16 heavy (non-hydrogen) atoms. The molecule has 0 amide bonds. The monoisotopic (exact) mass is 224 g/mol. The maximum Gasteiger partial charge on any atom is 0.352 e. The van der Waals surface area contributed by atoms with Gasteiger partial charge in [-0.25, -0.2) is 4.79 Å². The molecule has 1 rings (SSSR count). The highest BCUT2D eigenvalue weighted by molar-refractivity contribution is 5.86. The maximum absolute atomic E-state index is 10.8. The van der Waals surface area contributed by atoms with Gasteiger partial charge in [-0.1, -0.05) is 11.6 Å². The lowest BCUT2D eigenvalue weighted by atomic mass is 10.3. The van der Waals surface area contributed by atoms with E-state index >= 15 is 0 Å². The Labute approximate surface area is 92.0 Å². The number of carboxylic acid groups (broad SMARTS) is 1. The van der Waals surface area contributed by atoms with Crippen LogP contribution in [0.4, 0.5) is 5.69 Å². The largest absolute Gasteiger partial charge is 0.477 e. The number of hydrogen-bond donors (Lipinski definition) is 1. The minimum Gasteiger partial charge on any atom is -0.477 e. The lowest BCUT2D eigenvalue weighted by molar-refractivity contribution is -0.384. The molecular weight excluding hydrogens is 212 g/mol. The molecule has 1 heterocycles. The van der Waals surface area contributed by atoms with Gasteiger partial charge in [0.05, 0.1) is 11.1 Å². The third-order valence-electron chi connectivity index (χ3n) is 2.01. The number of allylic oxidation sites excluding steroid dienone is 2. The minimum atomic E-state index is -1.17. The molecule has 0 aliphatic rings. The number of nitro groups is 1. The quantitative estimate of drug-likeness (QED) is 0.482. The zero-order valence-electron chi connectivity index (χ0n) is 9.01. The Morgan fingerprint density at radius 1 is 1.62 bits per heavy atom. The van der Waals surface area contributed by atoms with Crippen LogP contribution in [0.15, 0.2) is 23.9 Å². The van der Waals surface area contributed by atoms with E-state index in [2.05, 4.69) is 0 Å². The van der Waals surface area contributed by atoms with Gasteiger partial charge >= 0.3 is 5.97 Å². The standard InChI is InChI=1S/C10H12N2O4/c1-7(2)3-4-11-6-8(12(15)16)5-9(11)10(13)14/h3,5-6H,4H2,1-2H3,(H,13,14). The molecular formula is C10H12N2O4. The van der Waals surface area contributed by atoms with Crippen LogP contribution in [0.5, 0.6) is 0 Å². The third-order valence-corrected chi connectivity index (χ3v) is 2.01. The van der Waals surface area contributed by atoms with Gasteiger partial charge in [0.2, 0.25) is 0 Å². The molecule has 0 saturated carbocycles. The van der Waals surface area contributed by atoms with Gasteiger partial charge < -0.3 is 9.67 Å². The Balaban J connectivity index is 3.10. The van der Waals surface area contributed by atoms with Gasteiger partial charge in [0.1, 0.15) is 5.69 Å². The molecule has 6 nitrogen and oxygen atoms in total. The molecule has 0 aliphatic carbocycles. The summed E-state index contributed by atoms with van der Waals surface area (Å²) in [4.78, 5) is 20.7. The number of nitrogens with zero attached hydrogens (tertiary/aromatic N) is 2. The van der Waals surface area contributed by atoms with E-state index in [9.17, 15) is 14.9 Å². The molecule has 1 aromatic rings. The van der Waals surface area contributed by atoms with E-state index in [4.69, 9.17) is 5.11 Å². The molecule has 6 heteroatoms. The number of aromatic nitrogens is 1. The number of carboxylic acids is 1. The van der Waals surface area contributed by atoms with Crippen molar-refractivity contribution in [1.29, 1.82) is 0 Å². The number of rotatable bonds is 4. The normalized spacial score (nSPS) is 9.88. The first-order valence-corrected chi connectivity index (χ1v) is 4.63. The third kappa shape index (κ3) is 2.69. The molecule has 0 spiro atoms. The van der Waals surface area contributed by atoms with Crippen LogP contribution in [0.1, 0.15) is 24.3 Å². The summed E-state index contributed by atoms with van der Waals surface area (Å²) in [5.41, 5.74) is 0.733. The first-order chi connectivity index (χ1) is 7.41. The summed E-state index contributed by atoms with van der Waals surface area (Å²) < 4.78 is 1.34. The van der Waals surface area contributed by atoms with Gasteiger partial charge in [-0.05, 0) is 13.8 Å². The molecule has 0 fully saturated rings. The summed E-state index contributed by atoms with van der Waals surface area (Å²) in [5, 5.41) is 19.4. The Bertz CT molecular complexity index is 455. The molecule has 0 radical (unpaired) electrons. The van der Waals surface area contributed by atoms with Crippen molar-refractivity contribution in [2.24, 2.45) is 0 Å². The van der Waals surface area contributed by atoms with E-state index in [0.717, 1.165) is 11.6 Å². The lowest BCUT2D eigenvalue weighted by Gasteiger charge is -2.01. The van der Waals surface area contributed by atoms with Gasteiger partial charge in [0, 0.05) is 12.6 Å². The second-order valence-corrected chi connectivity index (χ2v) is 3.58. The second-order valence-electron chi connectivity index (χ2n) is 3.58. The van der Waals surface area contributed by atoms with E-state index in [-0.39, 0.29) is 11.4 Å². The van der Waals surface area contributed by atoms with Crippen LogP contribution in [0.2, 0.25) is 0 Å². The van der Waals surface area contributed by atoms with E-state index in [1.165, 1.54) is 10.8 Å². The highest BCUT2D eigenvalue weighted by Gasteiger charge is 2.17. The Kier molecular flexibility index (Phi) is 3.44. The van der Waals surface area contributed by atoms with Crippen LogP contribution < -0.4 is 0 Å². The zero-order chi connectivity index (χ0) is 12.3. The fourth-order valence-corrected chi connectivity index (χ4v) is 1.21. The van der Waals surface area contributed by atoms with E-state index in [1.807, 2.05) is 13.8 Å². The molecule has 1 aromatic heterocycles. The summed E-state index contributed by atoms with van der Waals surface area (Å²) in [7, 11) is 0. The number of carbonyl (C=O) groups is 1. The Morgan fingerprint density at radius 3 is 2.69 bits per heavy atom. The van der Waals surface area contributed by atoms with Crippen LogP contribution in [0.3, 0.4) is 0 Å². The Morgan fingerprint density at radius 2 is 2.25 bits per heavy atom. The minimum absolute atomic E-state index is 0.0794. The van der Waals surface area contributed by atoms with Crippen molar-refractivity contribution < 1.29 is 14.8 Å². The summed E-state index contributed by atoms with van der Waals surface area (Å²) >= 11 is 0. The van der Waals surface area contributed by atoms with Gasteiger partial charge in [0.15, 0.2) is 0 Å². The fourth-order valence-electron chi connectivity index (χ4n) is 1.21. The van der Waals surface area contributed by atoms with Gasteiger partial charge in [-0.15, -0.1) is 0 Å². The average molecular weight is 224 g/mol. The second kappa shape index (κ2) is 4.61. The average Bonchev–Trinajstić information content (AvgIpc) is 2.58. The summed E-state index contributed by atoms with van der Waals surface area (Å²) in [5.74, 6) is -1.17. The molecule has 0 aliphatic heterocycles. The lowest BCUT2D eigenvalue weighted by Crippen LogP contribution is -2.06. The molecule has 86 valence electrons. The first kappa shape index (κ1) is 12.0. The smallest absolute Gasteiger partial charge is 0.352 e. The van der Waals surface area contributed by atoms with Gasteiger partial charge in [-0.3, -0.25) is 10.1 Å². The molecule has 0 atom stereocenters. The summed E-state index contributed by atoms with van der Waals surface area (Å²) in [6.45, 7) is 4.06.